The van der Waals surface area contributed by atoms with Crippen molar-refractivity contribution < 1.29 is 0 Å². The van der Waals surface area contributed by atoms with Crippen LogP contribution in [0.15, 0.2) is 18.2 Å². The summed E-state index contributed by atoms with van der Waals surface area (Å²) in [6.45, 7) is 1.12. The van der Waals surface area contributed by atoms with Crippen LogP contribution in [0.4, 0.5) is 11.4 Å². The first kappa shape index (κ1) is 12.3. The van der Waals surface area contributed by atoms with Gasteiger partial charge >= 0.3 is 0 Å². The van der Waals surface area contributed by atoms with Crippen LogP contribution in [0.5, 0.6) is 0 Å². The maximum atomic E-state index is 9.11. The van der Waals surface area contributed by atoms with Crippen LogP contribution in [0.25, 0.3) is 0 Å². The van der Waals surface area contributed by atoms with E-state index in [2.05, 4.69) is 17.0 Å². The molecule has 2 fully saturated rings. The first-order valence-corrected chi connectivity index (χ1v) is 7.36. The van der Waals surface area contributed by atoms with Gasteiger partial charge in [0, 0.05) is 24.0 Å². The van der Waals surface area contributed by atoms with Crippen molar-refractivity contribution in [3.8, 4) is 6.07 Å². The summed E-state index contributed by atoms with van der Waals surface area (Å²) in [5, 5.41) is 9.11. The van der Waals surface area contributed by atoms with Crippen molar-refractivity contribution in [2.45, 2.75) is 44.6 Å². The van der Waals surface area contributed by atoms with Crippen LogP contribution in [0.2, 0.25) is 0 Å². The van der Waals surface area contributed by atoms with Crippen molar-refractivity contribution >= 4 is 11.4 Å². The summed E-state index contributed by atoms with van der Waals surface area (Å²) in [7, 11) is 0. The number of nitrogens with zero attached hydrogens (tertiary/aromatic N) is 2. The molecule has 0 spiro atoms. The van der Waals surface area contributed by atoms with Crippen molar-refractivity contribution in [1.29, 1.82) is 5.26 Å². The first-order chi connectivity index (χ1) is 9.29. The van der Waals surface area contributed by atoms with Crippen molar-refractivity contribution in [3.63, 3.8) is 0 Å². The Kier molecular flexibility index (Phi) is 3.33. The smallest absolute Gasteiger partial charge is 0.101 e. The van der Waals surface area contributed by atoms with E-state index >= 15 is 0 Å². The summed E-state index contributed by atoms with van der Waals surface area (Å²) >= 11 is 0. The summed E-state index contributed by atoms with van der Waals surface area (Å²) in [6.07, 6.45) is 8.10. The topological polar surface area (TPSA) is 53.0 Å². The fourth-order valence-electron chi connectivity index (χ4n) is 3.77. The maximum Gasteiger partial charge on any atom is 0.101 e. The molecule has 1 aliphatic carbocycles. The summed E-state index contributed by atoms with van der Waals surface area (Å²) in [5.74, 6) is 0.852. The molecule has 1 saturated carbocycles. The molecule has 1 atom stereocenters. The minimum atomic E-state index is 0.586. The molecule has 0 bridgehead atoms. The molecule has 100 valence electrons. The standard InChI is InChI=1S/C16H21N3/c17-11-13-10-14(7-8-15(13)18)19-9-3-6-16(19)12-4-1-2-5-12/h7-8,10,12,16H,1-6,9,18H2. The third-order valence-corrected chi connectivity index (χ3v) is 4.73. The molecule has 2 aliphatic rings. The minimum absolute atomic E-state index is 0.586. The Labute approximate surface area is 115 Å². The largest absolute Gasteiger partial charge is 0.398 e. The fourth-order valence-corrected chi connectivity index (χ4v) is 3.77. The normalized spacial score (nSPS) is 23.7. The number of nitrogen functional groups attached to an aromatic ring is 1. The minimum Gasteiger partial charge on any atom is -0.398 e. The number of hydrogen-bond acceptors (Lipinski definition) is 3. The molecule has 19 heavy (non-hydrogen) atoms. The molecule has 1 aromatic rings. The SMILES string of the molecule is N#Cc1cc(N2CCCC2C2CCCC2)ccc1N. The lowest BCUT2D eigenvalue weighted by atomic mass is 9.95. The van der Waals surface area contributed by atoms with Crippen molar-refractivity contribution in [2.24, 2.45) is 5.92 Å². The van der Waals surface area contributed by atoms with Gasteiger partial charge in [0.05, 0.1) is 5.56 Å². The lowest BCUT2D eigenvalue weighted by Crippen LogP contribution is -2.34. The predicted octanol–water partition coefficient (Wildman–Crippen LogP) is 3.30. The van der Waals surface area contributed by atoms with Gasteiger partial charge in [0.25, 0.3) is 0 Å². The van der Waals surface area contributed by atoms with Gasteiger partial charge in [-0.25, -0.2) is 0 Å². The predicted molar refractivity (Wildman–Crippen MR) is 77.9 cm³/mol. The van der Waals surface area contributed by atoms with Crippen LogP contribution < -0.4 is 10.6 Å². The van der Waals surface area contributed by atoms with Gasteiger partial charge < -0.3 is 10.6 Å². The van der Waals surface area contributed by atoms with Crippen LogP contribution in [-0.2, 0) is 0 Å². The zero-order chi connectivity index (χ0) is 13.2. The Morgan fingerprint density at radius 3 is 2.68 bits per heavy atom. The van der Waals surface area contributed by atoms with Gasteiger partial charge in [-0.3, -0.25) is 0 Å². The van der Waals surface area contributed by atoms with Gasteiger partial charge in [-0.1, -0.05) is 12.8 Å². The van der Waals surface area contributed by atoms with Crippen molar-refractivity contribution in [3.05, 3.63) is 23.8 Å². The van der Waals surface area contributed by atoms with Gasteiger partial charge in [-0.2, -0.15) is 5.26 Å². The molecular weight excluding hydrogens is 234 g/mol. The quantitative estimate of drug-likeness (QED) is 0.825. The molecule has 0 radical (unpaired) electrons. The summed E-state index contributed by atoms with van der Waals surface area (Å²) in [5.41, 5.74) is 8.19. The van der Waals surface area contributed by atoms with Crippen LogP contribution in [0, 0.1) is 17.2 Å². The molecule has 3 nitrogen and oxygen atoms in total. The summed E-state index contributed by atoms with van der Waals surface area (Å²) in [6, 6.07) is 8.78. The van der Waals surface area contributed by atoms with Crippen LogP contribution in [0.3, 0.4) is 0 Å². The van der Waals surface area contributed by atoms with Gasteiger partial charge in [-0.15, -0.1) is 0 Å². The first-order valence-electron chi connectivity index (χ1n) is 7.36. The van der Waals surface area contributed by atoms with Gasteiger partial charge in [-0.05, 0) is 49.8 Å². The maximum absolute atomic E-state index is 9.11. The van der Waals surface area contributed by atoms with Crippen molar-refractivity contribution in [2.75, 3.05) is 17.2 Å². The average molecular weight is 255 g/mol. The zero-order valence-electron chi connectivity index (χ0n) is 11.3. The molecule has 3 rings (SSSR count). The van der Waals surface area contributed by atoms with Gasteiger partial charge in [0.1, 0.15) is 6.07 Å². The van der Waals surface area contributed by atoms with Crippen LogP contribution in [-0.4, -0.2) is 12.6 Å². The van der Waals surface area contributed by atoms with E-state index in [9.17, 15) is 0 Å². The third-order valence-electron chi connectivity index (χ3n) is 4.73. The fraction of sp³-hybridized carbons (Fsp3) is 0.562. The van der Waals surface area contributed by atoms with E-state index in [0.29, 0.717) is 17.3 Å². The van der Waals surface area contributed by atoms with E-state index in [1.54, 1.807) is 0 Å². The molecule has 1 aromatic carbocycles. The van der Waals surface area contributed by atoms with Crippen molar-refractivity contribution in [1.82, 2.24) is 0 Å². The molecule has 0 aromatic heterocycles. The van der Waals surface area contributed by atoms with Gasteiger partial charge in [0.15, 0.2) is 0 Å². The second-order valence-corrected chi connectivity index (χ2v) is 5.83. The Morgan fingerprint density at radius 1 is 1.16 bits per heavy atom. The molecule has 1 unspecified atom stereocenters. The Bertz CT molecular complexity index is 497. The Hall–Kier alpha value is -1.69. The Balaban J connectivity index is 1.86. The third kappa shape index (κ3) is 2.28. The number of anilines is 2. The van der Waals surface area contributed by atoms with E-state index in [4.69, 9.17) is 11.0 Å². The number of benzene rings is 1. The highest BCUT2D eigenvalue weighted by molar-refractivity contribution is 5.63. The van der Waals surface area contributed by atoms with Crippen LogP contribution >= 0.6 is 0 Å². The second-order valence-electron chi connectivity index (χ2n) is 5.83. The number of nitrogens with two attached hydrogens (primary N) is 1. The summed E-state index contributed by atoms with van der Waals surface area (Å²) in [4.78, 5) is 2.51. The lowest BCUT2D eigenvalue weighted by Gasteiger charge is -2.31. The van der Waals surface area contributed by atoms with E-state index in [1.807, 2.05) is 12.1 Å². The van der Waals surface area contributed by atoms with E-state index in [0.717, 1.165) is 12.5 Å². The Morgan fingerprint density at radius 2 is 1.95 bits per heavy atom. The number of rotatable bonds is 2. The number of hydrogen-bond donors (Lipinski definition) is 1. The summed E-state index contributed by atoms with van der Waals surface area (Å²) < 4.78 is 0. The zero-order valence-corrected chi connectivity index (χ0v) is 11.3. The average Bonchev–Trinajstić information content (AvgIpc) is 3.09. The molecular formula is C16H21N3. The van der Waals surface area contributed by atoms with Crippen LogP contribution in [0.1, 0.15) is 44.1 Å². The van der Waals surface area contributed by atoms with E-state index < -0.39 is 0 Å². The molecule has 3 heteroatoms. The highest BCUT2D eigenvalue weighted by atomic mass is 15.2. The molecule has 1 aliphatic heterocycles. The van der Waals surface area contributed by atoms with Gasteiger partial charge in [0.2, 0.25) is 0 Å². The lowest BCUT2D eigenvalue weighted by molar-refractivity contribution is 0.431. The highest BCUT2D eigenvalue weighted by Gasteiger charge is 2.33. The number of nitriles is 1. The van der Waals surface area contributed by atoms with E-state index in [1.165, 1.54) is 44.2 Å². The monoisotopic (exact) mass is 255 g/mol. The molecule has 1 saturated heterocycles. The molecule has 1 heterocycles. The highest BCUT2D eigenvalue weighted by Crippen LogP contribution is 2.38. The molecule has 2 N–H and O–H groups in total. The second kappa shape index (κ2) is 5.13. The van der Waals surface area contributed by atoms with E-state index in [-0.39, 0.29) is 0 Å². The molecule has 0 amide bonds.